The van der Waals surface area contributed by atoms with Crippen LogP contribution in [-0.4, -0.2) is 73.0 Å². The number of aromatic nitrogens is 1. The molecule has 1 spiro atoms. The molecule has 0 bridgehead atoms. The van der Waals surface area contributed by atoms with Crippen molar-refractivity contribution in [3.8, 4) is 11.3 Å². The molecule has 1 amide bonds. The van der Waals surface area contributed by atoms with E-state index in [1.807, 2.05) is 0 Å². The zero-order valence-electron chi connectivity index (χ0n) is 25.9. The Kier molecular flexibility index (Phi) is 7.85. The topological polar surface area (TPSA) is 64.8 Å². The maximum atomic E-state index is 14.1. The molecule has 0 aliphatic carbocycles. The molecule has 2 unspecified atom stereocenters. The highest BCUT2D eigenvalue weighted by Gasteiger charge is 2.46. The van der Waals surface area contributed by atoms with E-state index < -0.39 is 11.6 Å². The summed E-state index contributed by atoms with van der Waals surface area (Å²) in [4.78, 5) is 24.5. The molecular formula is C35H43F2N5O2. The van der Waals surface area contributed by atoms with Gasteiger partial charge in [0.05, 0.1) is 0 Å². The van der Waals surface area contributed by atoms with Crippen LogP contribution in [0.4, 0.5) is 20.5 Å². The van der Waals surface area contributed by atoms with Crippen LogP contribution in [0.1, 0.15) is 67.1 Å². The summed E-state index contributed by atoms with van der Waals surface area (Å²) < 4.78 is 34.4. The van der Waals surface area contributed by atoms with Crippen molar-refractivity contribution >= 4 is 17.6 Å². The molecule has 2 aromatic carbocycles. The second kappa shape index (κ2) is 11.8. The van der Waals surface area contributed by atoms with E-state index in [1.165, 1.54) is 41.8 Å². The van der Waals surface area contributed by atoms with Crippen molar-refractivity contribution in [2.75, 3.05) is 62.6 Å². The predicted molar refractivity (Wildman–Crippen MR) is 168 cm³/mol. The summed E-state index contributed by atoms with van der Waals surface area (Å²) in [6.07, 6.45) is 6.28. The number of piperidine rings is 2. The summed E-state index contributed by atoms with van der Waals surface area (Å²) in [7, 11) is 0. The third-order valence-corrected chi connectivity index (χ3v) is 10.7. The number of benzene rings is 2. The molecule has 5 heterocycles. The lowest BCUT2D eigenvalue weighted by molar-refractivity contribution is 0.0788. The van der Waals surface area contributed by atoms with Gasteiger partial charge in [-0.15, -0.1) is 0 Å². The van der Waals surface area contributed by atoms with Crippen molar-refractivity contribution in [3.05, 3.63) is 64.9 Å². The molecule has 0 saturated carbocycles. The average Bonchev–Trinajstić information content (AvgIpc) is 3.77. The number of hydrogen-bond donors (Lipinski definition) is 1. The smallest absolute Gasteiger partial charge is 0.298 e. The molecule has 1 aromatic heterocycles. The van der Waals surface area contributed by atoms with Crippen molar-refractivity contribution in [3.63, 3.8) is 0 Å². The summed E-state index contributed by atoms with van der Waals surface area (Å²) in [6.45, 7) is 11.9. The normalized spacial score (nSPS) is 24.2. The SMILES string of the molecule is Cc1ccc2c(c1)NCC21CCN(CCC2CCN(c3nc(C(=O)N4CCCC4)c(-c4cc(F)cc(F)c4)o3)CC2)CC1C. The molecule has 2 atom stereocenters. The number of hydrogen-bond acceptors (Lipinski definition) is 6. The van der Waals surface area contributed by atoms with Crippen molar-refractivity contribution in [1.82, 2.24) is 14.8 Å². The fourth-order valence-electron chi connectivity index (χ4n) is 8.03. The van der Waals surface area contributed by atoms with Gasteiger partial charge in [0.15, 0.2) is 11.5 Å². The number of nitrogens with zero attached hydrogens (tertiary/aromatic N) is 4. The van der Waals surface area contributed by atoms with Gasteiger partial charge < -0.3 is 24.4 Å². The number of nitrogens with one attached hydrogen (secondary N) is 1. The second-order valence-electron chi connectivity index (χ2n) is 13.6. The Morgan fingerprint density at radius 2 is 1.80 bits per heavy atom. The van der Waals surface area contributed by atoms with Crippen LogP contribution in [0.5, 0.6) is 0 Å². The molecule has 3 saturated heterocycles. The first-order valence-corrected chi connectivity index (χ1v) is 16.4. The van der Waals surface area contributed by atoms with Gasteiger partial charge in [0.2, 0.25) is 0 Å². The number of fused-ring (bicyclic) bond motifs is 2. The first-order valence-electron chi connectivity index (χ1n) is 16.4. The minimum atomic E-state index is -0.712. The van der Waals surface area contributed by atoms with E-state index in [0.29, 0.717) is 30.9 Å². The van der Waals surface area contributed by atoms with E-state index in [-0.39, 0.29) is 28.3 Å². The highest BCUT2D eigenvalue weighted by Crippen LogP contribution is 2.47. The van der Waals surface area contributed by atoms with E-state index in [0.717, 1.165) is 71.0 Å². The number of amides is 1. The monoisotopic (exact) mass is 603 g/mol. The second-order valence-corrected chi connectivity index (χ2v) is 13.6. The molecule has 44 heavy (non-hydrogen) atoms. The van der Waals surface area contributed by atoms with Crippen LogP contribution in [0.15, 0.2) is 40.8 Å². The number of aryl methyl sites for hydroxylation is 1. The Morgan fingerprint density at radius 3 is 2.52 bits per heavy atom. The molecule has 3 aromatic rings. The number of oxazole rings is 1. The van der Waals surface area contributed by atoms with Gasteiger partial charge in [-0.25, -0.2) is 8.78 Å². The Morgan fingerprint density at radius 1 is 1.05 bits per heavy atom. The summed E-state index contributed by atoms with van der Waals surface area (Å²) >= 11 is 0. The standard InChI is InChI=1S/C35H43F2N5O2/c1-23-5-6-29-30(17-23)38-22-35(29)10-16-40(21-24(35)2)13-7-25-8-14-42(15-9-25)34-39-31(33(43)41-11-3-4-12-41)32(44-34)26-18-27(36)20-28(37)19-26/h5-6,17-20,24-25,38H,3-4,7-16,21-22H2,1-2H3. The maximum absolute atomic E-state index is 14.1. The largest absolute Gasteiger partial charge is 0.423 e. The molecule has 1 N–H and O–H groups in total. The van der Waals surface area contributed by atoms with E-state index >= 15 is 0 Å². The fourth-order valence-corrected chi connectivity index (χ4v) is 8.03. The predicted octanol–water partition coefficient (Wildman–Crippen LogP) is 6.48. The molecule has 7 nitrogen and oxygen atoms in total. The summed E-state index contributed by atoms with van der Waals surface area (Å²) in [5, 5.41) is 3.70. The van der Waals surface area contributed by atoms with Crippen molar-refractivity contribution in [2.45, 2.75) is 57.8 Å². The van der Waals surface area contributed by atoms with Gasteiger partial charge in [-0.2, -0.15) is 4.98 Å². The lowest BCUT2D eigenvalue weighted by Crippen LogP contribution is -2.50. The van der Waals surface area contributed by atoms with Gasteiger partial charge in [-0.1, -0.05) is 19.1 Å². The summed E-state index contributed by atoms with van der Waals surface area (Å²) in [5.74, 6) is -0.307. The first-order chi connectivity index (χ1) is 21.3. The summed E-state index contributed by atoms with van der Waals surface area (Å²) in [6, 6.07) is 10.5. The van der Waals surface area contributed by atoms with E-state index in [9.17, 15) is 13.6 Å². The third kappa shape index (κ3) is 5.48. The zero-order chi connectivity index (χ0) is 30.4. The molecule has 0 radical (unpaired) electrons. The van der Waals surface area contributed by atoms with Crippen LogP contribution < -0.4 is 10.2 Å². The Bertz CT molecular complexity index is 1510. The molecule has 3 fully saturated rings. The highest BCUT2D eigenvalue weighted by atomic mass is 19.1. The van der Waals surface area contributed by atoms with Crippen molar-refractivity contribution < 1.29 is 18.0 Å². The average molecular weight is 604 g/mol. The number of halogens is 2. The van der Waals surface area contributed by atoms with Gasteiger partial charge in [0, 0.05) is 62.0 Å². The third-order valence-electron chi connectivity index (χ3n) is 10.7. The quantitative estimate of drug-likeness (QED) is 0.348. The maximum Gasteiger partial charge on any atom is 0.298 e. The molecule has 4 aliphatic heterocycles. The lowest BCUT2D eigenvalue weighted by Gasteiger charge is -2.45. The number of likely N-dealkylation sites (tertiary alicyclic amines) is 2. The first kappa shape index (κ1) is 29.3. The zero-order valence-corrected chi connectivity index (χ0v) is 25.9. The van der Waals surface area contributed by atoms with Gasteiger partial charge in [0.25, 0.3) is 11.9 Å². The number of carbonyl (C=O) groups is 1. The minimum absolute atomic E-state index is 0.140. The van der Waals surface area contributed by atoms with Crippen LogP contribution in [0, 0.1) is 30.4 Å². The van der Waals surface area contributed by atoms with Gasteiger partial charge in [-0.3, -0.25) is 4.79 Å². The molecule has 234 valence electrons. The van der Waals surface area contributed by atoms with Gasteiger partial charge >= 0.3 is 0 Å². The number of anilines is 2. The number of carbonyl (C=O) groups excluding carboxylic acids is 1. The lowest BCUT2D eigenvalue weighted by atomic mass is 9.67. The van der Waals surface area contributed by atoms with Gasteiger partial charge in [0.1, 0.15) is 11.6 Å². The van der Waals surface area contributed by atoms with Crippen LogP contribution >= 0.6 is 0 Å². The van der Waals surface area contributed by atoms with Crippen LogP contribution in [-0.2, 0) is 5.41 Å². The Balaban J connectivity index is 0.974. The molecule has 4 aliphatic rings. The Hall–Kier alpha value is -3.46. The van der Waals surface area contributed by atoms with E-state index in [2.05, 4.69) is 52.1 Å². The van der Waals surface area contributed by atoms with Crippen LogP contribution in [0.2, 0.25) is 0 Å². The fraction of sp³-hybridized carbons (Fsp3) is 0.543. The van der Waals surface area contributed by atoms with Crippen molar-refractivity contribution in [2.24, 2.45) is 11.8 Å². The summed E-state index contributed by atoms with van der Waals surface area (Å²) in [5.41, 5.74) is 4.72. The van der Waals surface area contributed by atoms with Gasteiger partial charge in [-0.05, 0) is 99.7 Å². The van der Waals surface area contributed by atoms with E-state index in [1.54, 1.807) is 4.90 Å². The number of rotatable bonds is 6. The van der Waals surface area contributed by atoms with Crippen LogP contribution in [0.25, 0.3) is 11.3 Å². The van der Waals surface area contributed by atoms with Crippen molar-refractivity contribution in [1.29, 1.82) is 0 Å². The molecular weight excluding hydrogens is 560 g/mol. The highest BCUT2D eigenvalue weighted by molar-refractivity contribution is 5.98. The van der Waals surface area contributed by atoms with Crippen LogP contribution in [0.3, 0.4) is 0 Å². The Labute approximate surface area is 258 Å². The minimum Gasteiger partial charge on any atom is -0.423 e. The molecule has 9 heteroatoms. The van der Waals surface area contributed by atoms with E-state index in [4.69, 9.17) is 4.42 Å². The molecule has 7 rings (SSSR count).